The van der Waals surface area contributed by atoms with Gasteiger partial charge < -0.3 is 0 Å². The van der Waals surface area contributed by atoms with Gasteiger partial charge in [-0.2, -0.15) is 10.2 Å². The van der Waals surface area contributed by atoms with Gasteiger partial charge in [0.2, 0.25) is 5.82 Å². The molecule has 1 aromatic carbocycles. The lowest BCUT2D eigenvalue weighted by Crippen LogP contribution is -2.25. The molecule has 0 saturated heterocycles. The van der Waals surface area contributed by atoms with Gasteiger partial charge in [0, 0.05) is 29.7 Å². The molecule has 0 aliphatic rings. The van der Waals surface area contributed by atoms with Gasteiger partial charge in [-0.15, -0.1) is 5.10 Å². The fourth-order valence-electron chi connectivity index (χ4n) is 2.51. The van der Waals surface area contributed by atoms with Gasteiger partial charge >= 0.3 is 5.69 Å². The van der Waals surface area contributed by atoms with Crippen LogP contribution in [0.25, 0.3) is 16.9 Å². The number of para-hydroxylation sites is 1. The molecule has 3 N–H and O–H groups in total. The first-order chi connectivity index (χ1) is 13.7. The zero-order chi connectivity index (χ0) is 19.3. The van der Waals surface area contributed by atoms with E-state index in [-0.39, 0.29) is 5.82 Å². The zero-order valence-electron chi connectivity index (χ0n) is 14.4. The van der Waals surface area contributed by atoms with E-state index in [1.165, 1.54) is 6.21 Å². The zero-order valence-corrected chi connectivity index (χ0v) is 14.4. The molecule has 0 bridgehead atoms. The molecule has 0 radical (unpaired) electrons. The molecule has 4 rings (SSSR count). The Hall–Kier alpha value is -4.34. The third-order valence-corrected chi connectivity index (χ3v) is 3.78. The molecule has 138 valence electrons. The van der Waals surface area contributed by atoms with Gasteiger partial charge in [0.05, 0.1) is 11.9 Å². The standard InChI is InChI=1S/C18H14N8O2/c27-17-16(23-24-18(28)21-17)22-20-10-13-11-26(14-6-2-1-3-7-14)25-15(13)12-5-4-8-19-9-12/h1-11H,(H,22,23)(H2,21,24,27,28)/b20-10+. The van der Waals surface area contributed by atoms with Crippen molar-refractivity contribution in [2.24, 2.45) is 5.10 Å². The van der Waals surface area contributed by atoms with Crippen LogP contribution in [0.15, 0.2) is 75.7 Å². The van der Waals surface area contributed by atoms with E-state index < -0.39 is 11.2 Å². The van der Waals surface area contributed by atoms with Crippen molar-refractivity contribution in [2.75, 3.05) is 5.43 Å². The van der Waals surface area contributed by atoms with Crippen molar-refractivity contribution in [1.82, 2.24) is 29.9 Å². The number of hydrogen-bond acceptors (Lipinski definition) is 7. The number of rotatable bonds is 5. The Labute approximate surface area is 157 Å². The van der Waals surface area contributed by atoms with Crippen molar-refractivity contribution < 1.29 is 0 Å². The van der Waals surface area contributed by atoms with Gasteiger partial charge in [0.1, 0.15) is 5.69 Å². The van der Waals surface area contributed by atoms with Crippen LogP contribution < -0.4 is 16.7 Å². The molecule has 10 nitrogen and oxygen atoms in total. The highest BCUT2D eigenvalue weighted by atomic mass is 16.2. The Morgan fingerprint density at radius 1 is 1.11 bits per heavy atom. The number of pyridine rings is 1. The third kappa shape index (κ3) is 3.60. The van der Waals surface area contributed by atoms with Crippen molar-refractivity contribution in [3.05, 3.63) is 87.5 Å². The number of H-pyrrole nitrogens is 2. The van der Waals surface area contributed by atoms with E-state index in [1.54, 1.807) is 17.1 Å². The fourth-order valence-corrected chi connectivity index (χ4v) is 2.51. The van der Waals surface area contributed by atoms with E-state index >= 15 is 0 Å². The van der Waals surface area contributed by atoms with Crippen LogP contribution in [0.4, 0.5) is 5.82 Å². The van der Waals surface area contributed by atoms with E-state index in [2.05, 4.69) is 35.8 Å². The molecule has 3 aromatic heterocycles. The number of hydrogen-bond donors (Lipinski definition) is 3. The second-order valence-electron chi connectivity index (χ2n) is 5.68. The molecule has 3 heterocycles. The highest BCUT2D eigenvalue weighted by Crippen LogP contribution is 2.21. The number of aromatic nitrogens is 6. The summed E-state index contributed by atoms with van der Waals surface area (Å²) in [5.41, 5.74) is 4.22. The molecule has 28 heavy (non-hydrogen) atoms. The third-order valence-electron chi connectivity index (χ3n) is 3.78. The number of nitrogens with zero attached hydrogens (tertiary/aromatic N) is 5. The monoisotopic (exact) mass is 374 g/mol. The van der Waals surface area contributed by atoms with Crippen molar-refractivity contribution >= 4 is 12.0 Å². The normalized spacial score (nSPS) is 11.0. The summed E-state index contributed by atoms with van der Waals surface area (Å²) in [6.07, 6.45) is 6.71. The topological polar surface area (TPSA) is 134 Å². The Kier molecular flexibility index (Phi) is 4.58. The second-order valence-corrected chi connectivity index (χ2v) is 5.68. The molecule has 0 atom stereocenters. The minimum Gasteiger partial charge on any atom is -0.270 e. The van der Waals surface area contributed by atoms with Crippen LogP contribution in [0.5, 0.6) is 0 Å². The molecular weight excluding hydrogens is 360 g/mol. The average Bonchev–Trinajstić information content (AvgIpc) is 3.15. The van der Waals surface area contributed by atoms with E-state index in [0.717, 1.165) is 11.3 Å². The summed E-state index contributed by atoms with van der Waals surface area (Å²) >= 11 is 0. The first-order valence-corrected chi connectivity index (χ1v) is 8.24. The smallest absolute Gasteiger partial charge is 0.270 e. The van der Waals surface area contributed by atoms with Gasteiger partial charge in [-0.25, -0.2) is 14.6 Å². The summed E-state index contributed by atoms with van der Waals surface area (Å²) in [5, 5.41) is 14.4. The molecule has 0 aliphatic carbocycles. The Morgan fingerprint density at radius 3 is 2.71 bits per heavy atom. The first kappa shape index (κ1) is 17.1. The largest absolute Gasteiger partial charge is 0.342 e. The van der Waals surface area contributed by atoms with Gasteiger partial charge in [0.15, 0.2) is 0 Å². The summed E-state index contributed by atoms with van der Waals surface area (Å²) in [7, 11) is 0. The van der Waals surface area contributed by atoms with Gasteiger partial charge in [-0.05, 0) is 24.3 Å². The van der Waals surface area contributed by atoms with Crippen LogP contribution >= 0.6 is 0 Å². The average molecular weight is 374 g/mol. The summed E-state index contributed by atoms with van der Waals surface area (Å²) < 4.78 is 1.73. The lowest BCUT2D eigenvalue weighted by atomic mass is 10.1. The number of nitrogens with one attached hydrogen (secondary N) is 3. The minimum atomic E-state index is -0.692. The second kappa shape index (κ2) is 7.50. The van der Waals surface area contributed by atoms with Crippen LogP contribution in [0.3, 0.4) is 0 Å². The van der Waals surface area contributed by atoms with E-state index in [4.69, 9.17) is 0 Å². The highest BCUT2D eigenvalue weighted by Gasteiger charge is 2.11. The van der Waals surface area contributed by atoms with E-state index in [0.29, 0.717) is 11.3 Å². The number of benzene rings is 1. The summed E-state index contributed by atoms with van der Waals surface area (Å²) in [6, 6.07) is 13.3. The summed E-state index contributed by atoms with van der Waals surface area (Å²) in [5.74, 6) is -0.130. The van der Waals surface area contributed by atoms with Crippen molar-refractivity contribution in [3.63, 3.8) is 0 Å². The molecule has 0 fully saturated rings. The van der Waals surface area contributed by atoms with Crippen LogP contribution in [0.2, 0.25) is 0 Å². The van der Waals surface area contributed by atoms with Crippen molar-refractivity contribution in [2.45, 2.75) is 0 Å². The highest BCUT2D eigenvalue weighted by molar-refractivity contribution is 5.88. The first-order valence-electron chi connectivity index (χ1n) is 8.24. The quantitative estimate of drug-likeness (QED) is 0.354. The lowest BCUT2D eigenvalue weighted by Gasteiger charge is -1.99. The molecule has 0 unspecified atom stereocenters. The number of anilines is 1. The van der Waals surface area contributed by atoms with Crippen LogP contribution in [0, 0.1) is 0 Å². The molecular formula is C18H14N8O2. The number of hydrazone groups is 1. The predicted molar refractivity (Wildman–Crippen MR) is 103 cm³/mol. The Bertz CT molecular complexity index is 1230. The lowest BCUT2D eigenvalue weighted by molar-refractivity contribution is 0.884. The maximum atomic E-state index is 11.7. The van der Waals surface area contributed by atoms with E-state index in [9.17, 15) is 9.59 Å². The van der Waals surface area contributed by atoms with Gasteiger partial charge in [0.25, 0.3) is 5.56 Å². The molecule has 0 amide bonds. The minimum absolute atomic E-state index is 0.130. The molecule has 0 aliphatic heterocycles. The summed E-state index contributed by atoms with van der Waals surface area (Å²) in [6.45, 7) is 0. The van der Waals surface area contributed by atoms with Crippen LogP contribution in [-0.4, -0.2) is 36.2 Å². The molecule has 4 aromatic rings. The van der Waals surface area contributed by atoms with E-state index in [1.807, 2.05) is 48.7 Å². The number of aromatic amines is 2. The van der Waals surface area contributed by atoms with Crippen molar-refractivity contribution in [3.8, 4) is 16.9 Å². The van der Waals surface area contributed by atoms with Gasteiger partial charge in [-0.1, -0.05) is 18.2 Å². The van der Waals surface area contributed by atoms with Gasteiger partial charge in [-0.3, -0.25) is 20.2 Å². The van der Waals surface area contributed by atoms with Crippen LogP contribution in [-0.2, 0) is 0 Å². The predicted octanol–water partition coefficient (Wildman–Crippen LogP) is 1.15. The Balaban J connectivity index is 1.69. The van der Waals surface area contributed by atoms with Crippen LogP contribution in [0.1, 0.15) is 5.56 Å². The fraction of sp³-hybridized carbons (Fsp3) is 0. The maximum absolute atomic E-state index is 11.7. The molecule has 10 heteroatoms. The summed E-state index contributed by atoms with van der Waals surface area (Å²) in [4.78, 5) is 28.9. The molecule has 0 spiro atoms. The Morgan fingerprint density at radius 2 is 1.96 bits per heavy atom. The maximum Gasteiger partial charge on any atom is 0.342 e. The SMILES string of the molecule is O=c1[nH]nc(N/N=C/c2cn(-c3ccccc3)nc2-c2cccnc2)c(=O)[nH]1. The molecule has 0 saturated carbocycles. The van der Waals surface area contributed by atoms with Crippen molar-refractivity contribution in [1.29, 1.82) is 0 Å².